The lowest BCUT2D eigenvalue weighted by molar-refractivity contribution is -0.385. The van der Waals surface area contributed by atoms with Gasteiger partial charge in [-0.25, -0.2) is 0 Å². The Bertz CT molecular complexity index is 781. The largest absolute Gasteiger partial charge is 0.490 e. The summed E-state index contributed by atoms with van der Waals surface area (Å²) in [7, 11) is 1.28. The van der Waals surface area contributed by atoms with Gasteiger partial charge in [0.05, 0.1) is 12.0 Å². The molecule has 1 aromatic rings. The zero-order valence-electron chi connectivity index (χ0n) is 16.4. The summed E-state index contributed by atoms with van der Waals surface area (Å²) in [5.74, 6) is -1.45. The highest BCUT2D eigenvalue weighted by molar-refractivity contribution is 5.96. The summed E-state index contributed by atoms with van der Waals surface area (Å²) >= 11 is 0. The van der Waals surface area contributed by atoms with Crippen LogP contribution < -0.4 is 15.4 Å². The SMILES string of the molecule is COc1ccc(C(=O)NCC(=O)OCC(=O)N[C@H]2CCCC[C@@H]2C)cc1[N+](=O)[O-]. The molecule has 10 heteroatoms. The molecule has 0 bridgehead atoms. The minimum absolute atomic E-state index is 0.00525. The Morgan fingerprint density at radius 3 is 2.62 bits per heavy atom. The molecule has 0 aliphatic heterocycles. The van der Waals surface area contributed by atoms with Gasteiger partial charge in [-0.15, -0.1) is 0 Å². The number of nitrogens with one attached hydrogen (secondary N) is 2. The molecule has 0 unspecified atom stereocenters. The van der Waals surface area contributed by atoms with E-state index in [-0.39, 0.29) is 28.9 Å². The second kappa shape index (κ2) is 10.4. The van der Waals surface area contributed by atoms with Gasteiger partial charge in [0.25, 0.3) is 11.8 Å². The summed E-state index contributed by atoms with van der Waals surface area (Å²) in [6.07, 6.45) is 4.18. The second-order valence-corrected chi connectivity index (χ2v) is 6.92. The van der Waals surface area contributed by atoms with E-state index in [1.807, 2.05) is 0 Å². The molecule has 158 valence electrons. The van der Waals surface area contributed by atoms with Crippen molar-refractivity contribution < 1.29 is 28.8 Å². The topological polar surface area (TPSA) is 137 Å². The number of hydrogen-bond donors (Lipinski definition) is 2. The number of benzene rings is 1. The molecule has 2 N–H and O–H groups in total. The lowest BCUT2D eigenvalue weighted by Gasteiger charge is -2.29. The first-order valence-corrected chi connectivity index (χ1v) is 9.37. The van der Waals surface area contributed by atoms with E-state index in [4.69, 9.17) is 9.47 Å². The Kier molecular flexibility index (Phi) is 7.93. The summed E-state index contributed by atoms with van der Waals surface area (Å²) in [6, 6.07) is 3.77. The average molecular weight is 407 g/mol. The number of nitro groups is 1. The van der Waals surface area contributed by atoms with Gasteiger partial charge in [0.2, 0.25) is 0 Å². The number of esters is 1. The molecule has 1 aromatic carbocycles. The van der Waals surface area contributed by atoms with Crippen molar-refractivity contribution in [2.45, 2.75) is 38.6 Å². The molecule has 0 saturated heterocycles. The van der Waals surface area contributed by atoms with E-state index in [0.717, 1.165) is 31.7 Å². The van der Waals surface area contributed by atoms with Crippen LogP contribution in [0.3, 0.4) is 0 Å². The third-order valence-electron chi connectivity index (χ3n) is 4.85. The van der Waals surface area contributed by atoms with E-state index in [0.29, 0.717) is 5.92 Å². The maximum absolute atomic E-state index is 12.1. The van der Waals surface area contributed by atoms with Crippen molar-refractivity contribution in [3.8, 4) is 5.75 Å². The number of nitrogens with zero attached hydrogens (tertiary/aromatic N) is 1. The van der Waals surface area contributed by atoms with Gasteiger partial charge in [0.15, 0.2) is 12.4 Å². The fourth-order valence-corrected chi connectivity index (χ4v) is 3.20. The molecule has 2 atom stereocenters. The highest BCUT2D eigenvalue weighted by Crippen LogP contribution is 2.27. The van der Waals surface area contributed by atoms with Gasteiger partial charge in [0, 0.05) is 17.7 Å². The average Bonchev–Trinajstić information content (AvgIpc) is 2.71. The number of hydrogen-bond acceptors (Lipinski definition) is 7. The van der Waals surface area contributed by atoms with E-state index in [2.05, 4.69) is 17.6 Å². The Hall–Kier alpha value is -3.17. The molecule has 1 aliphatic carbocycles. The highest BCUT2D eigenvalue weighted by atomic mass is 16.6. The molecule has 29 heavy (non-hydrogen) atoms. The molecule has 1 aliphatic rings. The van der Waals surface area contributed by atoms with Gasteiger partial charge in [-0.1, -0.05) is 19.8 Å². The van der Waals surface area contributed by atoms with E-state index < -0.39 is 30.0 Å². The molecule has 2 amide bonds. The van der Waals surface area contributed by atoms with Crippen molar-refractivity contribution in [3.05, 3.63) is 33.9 Å². The van der Waals surface area contributed by atoms with Crippen LogP contribution in [0.2, 0.25) is 0 Å². The van der Waals surface area contributed by atoms with Crippen LogP contribution in [0, 0.1) is 16.0 Å². The summed E-state index contributed by atoms with van der Waals surface area (Å²) in [4.78, 5) is 46.1. The molecule has 10 nitrogen and oxygen atoms in total. The number of rotatable bonds is 8. The third kappa shape index (κ3) is 6.44. The number of methoxy groups -OCH3 is 1. The van der Waals surface area contributed by atoms with E-state index in [1.165, 1.54) is 19.2 Å². The monoisotopic (exact) mass is 407 g/mol. The number of nitro benzene ring substituents is 1. The van der Waals surface area contributed by atoms with Crippen LogP contribution in [-0.4, -0.2) is 49.0 Å². The fraction of sp³-hybridized carbons (Fsp3) is 0.526. The third-order valence-corrected chi connectivity index (χ3v) is 4.85. The molecular weight excluding hydrogens is 382 g/mol. The summed E-state index contributed by atoms with van der Waals surface area (Å²) in [5, 5.41) is 16.2. The minimum Gasteiger partial charge on any atom is -0.490 e. The van der Waals surface area contributed by atoms with Gasteiger partial charge in [-0.05, 0) is 30.9 Å². The molecule has 0 heterocycles. The normalized spacial score (nSPS) is 18.4. The van der Waals surface area contributed by atoms with Crippen LogP contribution in [0.25, 0.3) is 0 Å². The molecule has 0 spiro atoms. The fourth-order valence-electron chi connectivity index (χ4n) is 3.20. The lowest BCUT2D eigenvalue weighted by atomic mass is 9.86. The number of carbonyl (C=O) groups excluding carboxylic acids is 3. The number of amides is 2. The van der Waals surface area contributed by atoms with Crippen LogP contribution in [0.1, 0.15) is 43.0 Å². The smallest absolute Gasteiger partial charge is 0.325 e. The number of carbonyl (C=O) groups is 3. The summed E-state index contributed by atoms with van der Waals surface area (Å²) in [6.45, 7) is 1.19. The molecular formula is C19H25N3O7. The quantitative estimate of drug-likeness (QED) is 0.379. The van der Waals surface area contributed by atoms with Crippen LogP contribution >= 0.6 is 0 Å². The Labute approximate surface area is 168 Å². The first-order valence-electron chi connectivity index (χ1n) is 9.37. The van der Waals surface area contributed by atoms with Crippen molar-refractivity contribution in [2.24, 2.45) is 5.92 Å². The van der Waals surface area contributed by atoms with E-state index in [1.54, 1.807) is 0 Å². The zero-order chi connectivity index (χ0) is 21.4. The maximum atomic E-state index is 12.1. The minimum atomic E-state index is -0.784. The van der Waals surface area contributed by atoms with Crippen molar-refractivity contribution in [1.82, 2.24) is 10.6 Å². The van der Waals surface area contributed by atoms with Crippen molar-refractivity contribution in [3.63, 3.8) is 0 Å². The van der Waals surface area contributed by atoms with Gasteiger partial charge in [0.1, 0.15) is 6.54 Å². The predicted molar refractivity (Wildman–Crippen MR) is 103 cm³/mol. The molecule has 0 radical (unpaired) electrons. The molecule has 2 rings (SSSR count). The van der Waals surface area contributed by atoms with Gasteiger partial charge in [-0.3, -0.25) is 24.5 Å². The lowest BCUT2D eigenvalue weighted by Crippen LogP contribution is -2.43. The van der Waals surface area contributed by atoms with Gasteiger partial charge >= 0.3 is 11.7 Å². The van der Waals surface area contributed by atoms with Gasteiger partial charge in [-0.2, -0.15) is 0 Å². The highest BCUT2D eigenvalue weighted by Gasteiger charge is 2.23. The Morgan fingerprint density at radius 2 is 1.97 bits per heavy atom. The molecule has 0 aromatic heterocycles. The van der Waals surface area contributed by atoms with Crippen LogP contribution in [0.15, 0.2) is 18.2 Å². The maximum Gasteiger partial charge on any atom is 0.325 e. The van der Waals surface area contributed by atoms with Crippen molar-refractivity contribution >= 4 is 23.5 Å². The van der Waals surface area contributed by atoms with Crippen LogP contribution in [0.5, 0.6) is 5.75 Å². The predicted octanol–water partition coefficient (Wildman–Crippen LogP) is 1.57. The van der Waals surface area contributed by atoms with E-state index >= 15 is 0 Å². The number of ether oxygens (including phenoxy) is 2. The van der Waals surface area contributed by atoms with Crippen LogP contribution in [-0.2, 0) is 14.3 Å². The summed E-state index contributed by atoms with van der Waals surface area (Å²) < 4.78 is 9.74. The Morgan fingerprint density at radius 1 is 1.24 bits per heavy atom. The second-order valence-electron chi connectivity index (χ2n) is 6.92. The van der Waals surface area contributed by atoms with Crippen molar-refractivity contribution in [2.75, 3.05) is 20.3 Å². The molecule has 1 saturated carbocycles. The standard InChI is InChI=1S/C19H25N3O7/c1-12-5-3-4-6-14(12)21-17(23)11-29-18(24)10-20-19(25)13-7-8-16(28-2)15(9-13)22(26)27/h7-9,12,14H,3-6,10-11H2,1-2H3,(H,20,25)(H,21,23)/t12-,14-/m0/s1. The van der Waals surface area contributed by atoms with Crippen LogP contribution in [0.4, 0.5) is 5.69 Å². The Balaban J connectivity index is 1.78. The molecule has 1 fully saturated rings. The summed E-state index contributed by atoms with van der Waals surface area (Å²) in [5.41, 5.74) is -0.370. The van der Waals surface area contributed by atoms with Crippen molar-refractivity contribution in [1.29, 1.82) is 0 Å². The zero-order valence-corrected chi connectivity index (χ0v) is 16.4. The first kappa shape index (κ1) is 22.1. The van der Waals surface area contributed by atoms with E-state index in [9.17, 15) is 24.5 Å². The first-order chi connectivity index (χ1) is 13.8. The van der Waals surface area contributed by atoms with Gasteiger partial charge < -0.3 is 20.1 Å².